The third-order valence-electron chi connectivity index (χ3n) is 5.44. The van der Waals surface area contributed by atoms with Gasteiger partial charge < -0.3 is 25.5 Å². The van der Waals surface area contributed by atoms with Crippen molar-refractivity contribution in [1.29, 1.82) is 0 Å². The summed E-state index contributed by atoms with van der Waals surface area (Å²) in [7, 11) is 1.53. The van der Waals surface area contributed by atoms with Gasteiger partial charge in [-0.05, 0) is 24.1 Å². The molecule has 1 aromatic heterocycles. The Morgan fingerprint density at radius 1 is 1.47 bits per heavy atom. The highest BCUT2D eigenvalue weighted by Crippen LogP contribution is 2.34. The summed E-state index contributed by atoms with van der Waals surface area (Å²) in [5, 5.41) is 13.3. The minimum Gasteiger partial charge on any atom is -0.391 e. The molecule has 4 atom stereocenters. The summed E-state index contributed by atoms with van der Waals surface area (Å²) in [6.07, 6.45) is 2.19. The molecule has 9 nitrogen and oxygen atoms in total. The van der Waals surface area contributed by atoms with Crippen molar-refractivity contribution in [3.05, 3.63) is 35.4 Å². The smallest absolute Gasteiger partial charge is 0.246 e. The summed E-state index contributed by atoms with van der Waals surface area (Å²) < 4.78 is 33.0. The number of carbonyl (C=O) groups excluding carboxylic acids is 1. The van der Waals surface area contributed by atoms with Crippen molar-refractivity contribution in [3.8, 4) is 0 Å². The molecule has 0 saturated carbocycles. The van der Waals surface area contributed by atoms with Crippen LogP contribution in [-0.4, -0.2) is 71.0 Å². The number of nitrogens with one attached hydrogen (secondary N) is 3. The Hall–Kier alpha value is -2.63. The first-order valence-electron chi connectivity index (χ1n) is 9.78. The van der Waals surface area contributed by atoms with E-state index in [1.165, 1.54) is 24.4 Å². The van der Waals surface area contributed by atoms with Crippen LogP contribution in [0.4, 0.5) is 20.4 Å². The van der Waals surface area contributed by atoms with Gasteiger partial charge in [0.25, 0.3) is 0 Å². The number of hydrogen-bond donors (Lipinski definition) is 4. The number of aliphatic hydroxyl groups excluding tert-OH is 1. The summed E-state index contributed by atoms with van der Waals surface area (Å²) in [5.41, 5.74) is 6.43. The zero-order valence-electron chi connectivity index (χ0n) is 16.4. The molecule has 11 heteroatoms. The number of carbonyl (C=O) groups is 1. The molecule has 2 unspecified atom stereocenters. The van der Waals surface area contributed by atoms with Gasteiger partial charge in [0, 0.05) is 26.6 Å². The summed E-state index contributed by atoms with van der Waals surface area (Å²) in [6.45, 7) is 0.752. The fraction of sp³-hybridized carbons (Fsp3) is 0.526. The van der Waals surface area contributed by atoms with Gasteiger partial charge in [0.05, 0.1) is 24.3 Å². The molecule has 0 radical (unpaired) electrons. The van der Waals surface area contributed by atoms with Crippen molar-refractivity contribution >= 4 is 17.5 Å². The normalized spacial score (nSPS) is 28.1. The van der Waals surface area contributed by atoms with E-state index in [1.807, 2.05) is 0 Å². The number of fused-ring (bicyclic) bond motifs is 1. The lowest BCUT2D eigenvalue weighted by molar-refractivity contribution is -0.131. The van der Waals surface area contributed by atoms with E-state index in [-0.39, 0.29) is 30.5 Å². The first-order chi connectivity index (χ1) is 14.4. The fourth-order valence-electron chi connectivity index (χ4n) is 3.73. The zero-order chi connectivity index (χ0) is 21.3. The van der Waals surface area contributed by atoms with E-state index in [2.05, 4.69) is 26.1 Å². The number of hydrogen-bond acceptors (Lipinski definition) is 8. The van der Waals surface area contributed by atoms with E-state index < -0.39 is 24.1 Å². The molecule has 2 aliphatic heterocycles. The van der Waals surface area contributed by atoms with E-state index in [1.54, 1.807) is 0 Å². The number of halogens is 2. The Kier molecular flexibility index (Phi) is 5.93. The van der Waals surface area contributed by atoms with Crippen LogP contribution in [-0.2, 0) is 9.53 Å². The molecular formula is C19H24F2N6O3. The van der Waals surface area contributed by atoms with E-state index >= 15 is 0 Å². The third kappa shape index (κ3) is 4.13. The van der Waals surface area contributed by atoms with Crippen molar-refractivity contribution in [2.75, 3.05) is 37.5 Å². The Morgan fingerprint density at radius 3 is 3.10 bits per heavy atom. The van der Waals surface area contributed by atoms with Crippen LogP contribution in [0.2, 0.25) is 0 Å². The van der Waals surface area contributed by atoms with Crippen LogP contribution in [0, 0.1) is 0 Å². The van der Waals surface area contributed by atoms with Crippen molar-refractivity contribution < 1.29 is 23.4 Å². The SMILES string of the molecule is CN(CC1=CC(F)=CCC1F)C(=O)C1NNc2ncnc(N[C@@H]3COCC[C@H]3O)c21. The predicted octanol–water partition coefficient (Wildman–Crippen LogP) is 0.989. The molecule has 1 aromatic rings. The van der Waals surface area contributed by atoms with Crippen LogP contribution >= 0.6 is 0 Å². The largest absolute Gasteiger partial charge is 0.391 e. The maximum atomic E-state index is 14.1. The molecule has 0 aromatic carbocycles. The number of aromatic nitrogens is 2. The number of nitrogens with zero attached hydrogens (tertiary/aromatic N) is 3. The summed E-state index contributed by atoms with van der Waals surface area (Å²) in [6, 6.07) is -1.21. The molecule has 3 heterocycles. The number of amides is 1. The molecule has 1 fully saturated rings. The van der Waals surface area contributed by atoms with E-state index in [9.17, 15) is 18.7 Å². The number of likely N-dealkylation sites (N-methyl/N-ethyl adjacent to an activating group) is 1. The number of allylic oxidation sites excluding steroid dienone is 3. The predicted molar refractivity (Wildman–Crippen MR) is 105 cm³/mol. The average molecular weight is 422 g/mol. The van der Waals surface area contributed by atoms with Crippen LogP contribution in [0.3, 0.4) is 0 Å². The van der Waals surface area contributed by atoms with E-state index in [0.29, 0.717) is 36.8 Å². The van der Waals surface area contributed by atoms with Gasteiger partial charge in [-0.2, -0.15) is 0 Å². The van der Waals surface area contributed by atoms with Gasteiger partial charge in [-0.3, -0.25) is 4.79 Å². The number of hydrazine groups is 1. The Morgan fingerprint density at radius 2 is 2.30 bits per heavy atom. The number of aliphatic hydroxyl groups is 1. The molecular weight excluding hydrogens is 398 g/mol. The highest BCUT2D eigenvalue weighted by atomic mass is 19.1. The van der Waals surface area contributed by atoms with Crippen LogP contribution in [0.15, 0.2) is 29.9 Å². The van der Waals surface area contributed by atoms with Crippen LogP contribution < -0.4 is 16.2 Å². The maximum Gasteiger partial charge on any atom is 0.246 e. The average Bonchev–Trinajstić information content (AvgIpc) is 3.17. The van der Waals surface area contributed by atoms with Gasteiger partial charge >= 0.3 is 0 Å². The number of rotatable bonds is 5. The molecule has 1 saturated heterocycles. The molecule has 30 heavy (non-hydrogen) atoms. The van der Waals surface area contributed by atoms with Gasteiger partial charge in [-0.25, -0.2) is 24.2 Å². The Bertz CT molecular complexity index is 880. The number of alkyl halides is 1. The molecule has 1 aliphatic carbocycles. The monoisotopic (exact) mass is 422 g/mol. The van der Waals surface area contributed by atoms with Crippen molar-refractivity contribution in [3.63, 3.8) is 0 Å². The lowest BCUT2D eigenvalue weighted by Crippen LogP contribution is -2.43. The summed E-state index contributed by atoms with van der Waals surface area (Å²) in [4.78, 5) is 22.8. The topological polar surface area (TPSA) is 112 Å². The Labute approximate surface area is 172 Å². The van der Waals surface area contributed by atoms with Crippen molar-refractivity contribution in [2.24, 2.45) is 0 Å². The van der Waals surface area contributed by atoms with Gasteiger partial charge in [0.1, 0.15) is 30.2 Å². The lowest BCUT2D eigenvalue weighted by atomic mass is 10.0. The second-order valence-electron chi connectivity index (χ2n) is 7.57. The van der Waals surface area contributed by atoms with Gasteiger partial charge in [-0.15, -0.1) is 0 Å². The first kappa shape index (κ1) is 20.6. The van der Waals surface area contributed by atoms with Gasteiger partial charge in [0.2, 0.25) is 5.91 Å². The standard InChI is InChI=1S/C19H24F2N6O3/c1-27(7-10-6-11(20)2-3-12(10)21)19(29)16-15-17(22-9-23-18(15)26-25-16)24-13-8-30-5-4-14(13)28/h2,6,9,12-14,16,25,28H,3-5,7-8H2,1H3,(H2,22,23,24,26)/t12?,13-,14-,16?/m1/s1. The third-order valence-corrected chi connectivity index (χ3v) is 5.44. The number of ether oxygens (including phenoxy) is 1. The highest BCUT2D eigenvalue weighted by Gasteiger charge is 2.36. The second kappa shape index (κ2) is 8.62. The lowest BCUT2D eigenvalue weighted by Gasteiger charge is -2.30. The fourth-order valence-corrected chi connectivity index (χ4v) is 3.73. The zero-order valence-corrected chi connectivity index (χ0v) is 16.4. The maximum absolute atomic E-state index is 14.1. The highest BCUT2D eigenvalue weighted by molar-refractivity contribution is 5.88. The molecule has 0 spiro atoms. The summed E-state index contributed by atoms with van der Waals surface area (Å²) in [5.74, 6) is -0.0331. The minimum absolute atomic E-state index is 0.0413. The van der Waals surface area contributed by atoms with Crippen molar-refractivity contribution in [2.45, 2.75) is 37.2 Å². The minimum atomic E-state index is -1.32. The molecule has 1 amide bonds. The van der Waals surface area contributed by atoms with E-state index in [4.69, 9.17) is 4.74 Å². The molecule has 4 rings (SSSR count). The number of anilines is 2. The molecule has 3 aliphatic rings. The van der Waals surface area contributed by atoms with Crippen molar-refractivity contribution in [1.82, 2.24) is 20.3 Å². The van der Waals surface area contributed by atoms with E-state index in [0.717, 1.165) is 6.08 Å². The van der Waals surface area contributed by atoms with Gasteiger partial charge in [-0.1, -0.05) is 0 Å². The second-order valence-corrected chi connectivity index (χ2v) is 7.57. The molecule has 0 bridgehead atoms. The Balaban J connectivity index is 1.52. The molecule has 162 valence electrons. The molecule has 4 N–H and O–H groups in total. The van der Waals surface area contributed by atoms with Gasteiger partial charge in [0.15, 0.2) is 5.82 Å². The first-order valence-corrected chi connectivity index (χ1v) is 9.78. The summed E-state index contributed by atoms with van der Waals surface area (Å²) >= 11 is 0. The van der Waals surface area contributed by atoms with Crippen LogP contribution in [0.25, 0.3) is 0 Å². The van der Waals surface area contributed by atoms with Crippen LogP contribution in [0.1, 0.15) is 24.4 Å². The quantitative estimate of drug-likeness (QED) is 0.556. The van der Waals surface area contributed by atoms with Crippen LogP contribution in [0.5, 0.6) is 0 Å².